The number of ether oxygens (including phenoxy) is 2. The predicted octanol–water partition coefficient (Wildman–Crippen LogP) is 4.24. The number of rotatable bonds is 8. The molecule has 2 heterocycles. The molecule has 1 aliphatic rings. The molecule has 4 rings (SSSR count). The normalized spacial score (nSPS) is 15.2. The van der Waals surface area contributed by atoms with E-state index in [2.05, 4.69) is 22.2 Å². The fraction of sp³-hybridized carbons (Fsp3) is 0.296. The number of hydrogen-bond acceptors (Lipinski definition) is 6. The number of carbonyl (C=O) groups is 1. The number of benzene rings is 2. The van der Waals surface area contributed by atoms with Gasteiger partial charge in [-0.2, -0.15) is 0 Å². The van der Waals surface area contributed by atoms with Crippen LogP contribution in [0.1, 0.15) is 34.3 Å². The van der Waals surface area contributed by atoms with Crippen molar-refractivity contribution in [3.8, 4) is 5.75 Å². The summed E-state index contributed by atoms with van der Waals surface area (Å²) in [7, 11) is 1.40. The maximum atomic E-state index is 14.2. The number of halogens is 1. The molecule has 8 nitrogen and oxygen atoms in total. The zero-order chi connectivity index (χ0) is 25.7. The molecule has 188 valence electrons. The van der Waals surface area contributed by atoms with E-state index in [0.717, 1.165) is 25.0 Å². The van der Waals surface area contributed by atoms with Crippen LogP contribution in [0.5, 0.6) is 5.75 Å². The van der Waals surface area contributed by atoms with Crippen LogP contribution < -0.4 is 20.9 Å². The Kier molecular flexibility index (Phi) is 7.80. The molecule has 1 amide bonds. The molecule has 1 aromatic heterocycles. The molecule has 9 heteroatoms. The lowest BCUT2D eigenvalue weighted by Gasteiger charge is -2.22. The van der Waals surface area contributed by atoms with Crippen LogP contribution in [-0.4, -0.2) is 42.3 Å². The van der Waals surface area contributed by atoms with Gasteiger partial charge in [0, 0.05) is 48.1 Å². The Hall–Kier alpha value is -3.98. The first-order valence-electron chi connectivity index (χ1n) is 11.8. The van der Waals surface area contributed by atoms with Gasteiger partial charge in [-0.15, -0.1) is 0 Å². The molecule has 1 saturated heterocycles. The van der Waals surface area contributed by atoms with Crippen molar-refractivity contribution in [1.29, 1.82) is 5.41 Å². The molecular weight excluding hydrogens is 461 g/mol. The molecule has 0 bridgehead atoms. The summed E-state index contributed by atoms with van der Waals surface area (Å²) in [5.41, 5.74) is 3.05. The van der Waals surface area contributed by atoms with Gasteiger partial charge < -0.3 is 20.1 Å². The Balaban J connectivity index is 1.47. The van der Waals surface area contributed by atoms with Crippen molar-refractivity contribution in [1.82, 2.24) is 14.9 Å². The lowest BCUT2D eigenvalue weighted by Crippen LogP contribution is -2.33. The zero-order valence-electron chi connectivity index (χ0n) is 20.4. The lowest BCUT2D eigenvalue weighted by atomic mass is 10.0. The molecule has 3 N–H and O–H groups in total. The van der Waals surface area contributed by atoms with Gasteiger partial charge in [0.15, 0.2) is 22.9 Å². The van der Waals surface area contributed by atoms with E-state index >= 15 is 0 Å². The van der Waals surface area contributed by atoms with Gasteiger partial charge in [0.2, 0.25) is 0 Å². The summed E-state index contributed by atoms with van der Waals surface area (Å²) in [6.45, 7) is 7.96. The molecule has 1 fully saturated rings. The third-order valence-corrected chi connectivity index (χ3v) is 6.20. The van der Waals surface area contributed by atoms with Gasteiger partial charge in [0.25, 0.3) is 5.91 Å². The minimum absolute atomic E-state index is 0.0490. The van der Waals surface area contributed by atoms with Gasteiger partial charge in [-0.3, -0.25) is 14.8 Å². The number of hydrogen-bond donors (Lipinski definition) is 3. The van der Waals surface area contributed by atoms with E-state index in [1.807, 2.05) is 13.0 Å². The van der Waals surface area contributed by atoms with E-state index in [1.165, 1.54) is 30.0 Å². The Morgan fingerprint density at radius 2 is 2.17 bits per heavy atom. The second-order valence-electron chi connectivity index (χ2n) is 8.74. The van der Waals surface area contributed by atoms with Crippen molar-refractivity contribution in [3.05, 3.63) is 83.4 Å². The second kappa shape index (κ2) is 11.2. The highest BCUT2D eigenvalue weighted by Gasteiger charge is 2.17. The number of nitrogens with one attached hydrogen (secondary N) is 3. The molecule has 3 aromatic rings. The highest BCUT2D eigenvalue weighted by molar-refractivity contribution is 5.96. The maximum absolute atomic E-state index is 14.2. The summed E-state index contributed by atoms with van der Waals surface area (Å²) in [6, 6.07) is 9.88. The summed E-state index contributed by atoms with van der Waals surface area (Å²) >= 11 is 0. The molecule has 2 aromatic carbocycles. The monoisotopic (exact) mass is 491 g/mol. The van der Waals surface area contributed by atoms with E-state index in [-0.39, 0.29) is 17.1 Å². The van der Waals surface area contributed by atoms with Gasteiger partial charge >= 0.3 is 0 Å². The van der Waals surface area contributed by atoms with Crippen LogP contribution in [-0.2, 0) is 4.74 Å². The molecule has 1 aliphatic heterocycles. The quantitative estimate of drug-likeness (QED) is 0.438. The number of amides is 1. The summed E-state index contributed by atoms with van der Waals surface area (Å²) in [4.78, 5) is 17.0. The summed E-state index contributed by atoms with van der Waals surface area (Å²) in [5, 5.41) is 14.7. The van der Waals surface area contributed by atoms with Crippen LogP contribution in [0.15, 0.2) is 55.4 Å². The number of nitrogens with zero attached hydrogens (tertiary/aromatic N) is 2. The van der Waals surface area contributed by atoms with Crippen molar-refractivity contribution in [2.24, 2.45) is 5.92 Å². The van der Waals surface area contributed by atoms with Crippen LogP contribution in [0.4, 0.5) is 15.9 Å². The minimum Gasteiger partial charge on any atom is -0.494 e. The van der Waals surface area contributed by atoms with Crippen molar-refractivity contribution >= 4 is 23.1 Å². The molecule has 0 saturated carbocycles. The summed E-state index contributed by atoms with van der Waals surface area (Å²) in [6.07, 6.45) is 5.21. The maximum Gasteiger partial charge on any atom is 0.251 e. The topological polar surface area (TPSA) is 101 Å². The Labute approximate surface area is 209 Å². The first kappa shape index (κ1) is 25.1. The third kappa shape index (κ3) is 5.63. The van der Waals surface area contributed by atoms with E-state index in [9.17, 15) is 9.18 Å². The van der Waals surface area contributed by atoms with Gasteiger partial charge in [-0.25, -0.2) is 9.37 Å². The molecule has 0 aliphatic carbocycles. The van der Waals surface area contributed by atoms with Crippen molar-refractivity contribution in [2.45, 2.75) is 19.8 Å². The van der Waals surface area contributed by atoms with E-state index < -0.39 is 5.82 Å². The molecular formula is C27H30FN5O3. The smallest absolute Gasteiger partial charge is 0.251 e. The lowest BCUT2D eigenvalue weighted by molar-refractivity contribution is 0.0536. The molecule has 1 atom stereocenters. The predicted molar refractivity (Wildman–Crippen MR) is 136 cm³/mol. The number of anilines is 2. The Morgan fingerprint density at radius 1 is 1.33 bits per heavy atom. The number of aromatic nitrogens is 2. The Morgan fingerprint density at radius 3 is 2.86 bits per heavy atom. The second-order valence-corrected chi connectivity index (χ2v) is 8.74. The molecule has 1 unspecified atom stereocenters. The van der Waals surface area contributed by atoms with E-state index in [1.54, 1.807) is 24.4 Å². The average molecular weight is 492 g/mol. The third-order valence-electron chi connectivity index (χ3n) is 6.20. The fourth-order valence-electron chi connectivity index (χ4n) is 4.16. The van der Waals surface area contributed by atoms with Crippen LogP contribution in [0.3, 0.4) is 0 Å². The molecule has 36 heavy (non-hydrogen) atoms. The number of aryl methyl sites for hydroxylation is 1. The highest BCUT2D eigenvalue weighted by Crippen LogP contribution is 2.23. The standard InChI is InChI=1S/C27H30FN5O3/c1-17-13-21(7-8-22(17)27(34)31-15-19-5-4-12-36-16-19)32-26-25(29)33(11-10-30-26)18(2)20-6-9-24(35-3)23(28)14-20/h6-11,13-14,19,29H,2,4-5,12,15-16H2,1,3H3,(H,30,32)(H,31,34). The molecule has 0 radical (unpaired) electrons. The molecule has 0 spiro atoms. The number of methoxy groups -OCH3 is 1. The zero-order valence-corrected chi connectivity index (χ0v) is 20.4. The fourth-order valence-corrected chi connectivity index (χ4v) is 4.16. The van der Waals surface area contributed by atoms with Gasteiger partial charge in [0.05, 0.1) is 13.7 Å². The first-order valence-corrected chi connectivity index (χ1v) is 11.8. The van der Waals surface area contributed by atoms with Crippen LogP contribution in [0.2, 0.25) is 0 Å². The van der Waals surface area contributed by atoms with E-state index in [0.29, 0.717) is 47.4 Å². The van der Waals surface area contributed by atoms with Crippen molar-refractivity contribution in [3.63, 3.8) is 0 Å². The summed E-state index contributed by atoms with van der Waals surface area (Å²) in [5.74, 6) is 0.142. The Bertz CT molecular complexity index is 1330. The van der Waals surface area contributed by atoms with Crippen LogP contribution >= 0.6 is 0 Å². The largest absolute Gasteiger partial charge is 0.494 e. The minimum atomic E-state index is -0.512. The summed E-state index contributed by atoms with van der Waals surface area (Å²) < 4.78 is 26.1. The van der Waals surface area contributed by atoms with E-state index in [4.69, 9.17) is 14.9 Å². The van der Waals surface area contributed by atoms with Gasteiger partial charge in [-0.05, 0) is 67.6 Å². The van der Waals surface area contributed by atoms with Gasteiger partial charge in [0.1, 0.15) is 0 Å². The van der Waals surface area contributed by atoms with Crippen LogP contribution in [0.25, 0.3) is 5.70 Å². The number of carbonyl (C=O) groups excluding carboxylic acids is 1. The average Bonchev–Trinajstić information content (AvgIpc) is 2.89. The first-order chi connectivity index (χ1) is 17.4. The highest BCUT2D eigenvalue weighted by atomic mass is 19.1. The van der Waals surface area contributed by atoms with Gasteiger partial charge in [-0.1, -0.05) is 6.58 Å². The van der Waals surface area contributed by atoms with Crippen molar-refractivity contribution in [2.75, 3.05) is 32.2 Å². The van der Waals surface area contributed by atoms with Crippen molar-refractivity contribution < 1.29 is 18.7 Å². The SMILES string of the molecule is C=C(c1ccc(OC)c(F)c1)n1ccnc(Nc2ccc(C(=O)NCC3CCCOC3)c(C)c2)c1=N. The van der Waals surface area contributed by atoms with Crippen LogP contribution in [0, 0.1) is 24.1 Å².